The van der Waals surface area contributed by atoms with Crippen LogP contribution < -0.4 is 5.32 Å². The zero-order valence-corrected chi connectivity index (χ0v) is 9.16. The molecule has 0 spiro atoms. The minimum Gasteiger partial charge on any atom is -0.467 e. The molecule has 84 valence electrons. The van der Waals surface area contributed by atoms with Crippen LogP contribution in [0, 0.1) is 11.3 Å². The van der Waals surface area contributed by atoms with Gasteiger partial charge in [0.1, 0.15) is 5.60 Å². The number of hydrogen-bond donors (Lipinski definition) is 1. The van der Waals surface area contributed by atoms with Crippen LogP contribution >= 0.6 is 0 Å². The van der Waals surface area contributed by atoms with E-state index in [4.69, 9.17) is 10.00 Å². The molecule has 0 aromatic carbocycles. The molecular formula is C9H14N2O4. The largest absolute Gasteiger partial charge is 0.467 e. The molecule has 1 N–H and O–H groups in total. The van der Waals surface area contributed by atoms with E-state index in [2.05, 4.69) is 10.1 Å². The van der Waals surface area contributed by atoms with E-state index in [0.29, 0.717) is 0 Å². The van der Waals surface area contributed by atoms with E-state index >= 15 is 0 Å². The van der Waals surface area contributed by atoms with Gasteiger partial charge >= 0.3 is 12.1 Å². The normalized spacial score (nSPS) is 12.2. The van der Waals surface area contributed by atoms with Crippen molar-refractivity contribution in [1.82, 2.24) is 5.32 Å². The van der Waals surface area contributed by atoms with Crippen molar-refractivity contribution in [3.05, 3.63) is 0 Å². The van der Waals surface area contributed by atoms with E-state index in [-0.39, 0.29) is 0 Å². The second-order valence-corrected chi connectivity index (χ2v) is 3.73. The molecule has 0 aliphatic rings. The highest BCUT2D eigenvalue weighted by Gasteiger charge is 2.24. The number of hydrogen-bond acceptors (Lipinski definition) is 5. The van der Waals surface area contributed by atoms with Crippen LogP contribution in [-0.2, 0) is 14.3 Å². The molecule has 0 fully saturated rings. The number of carbonyl (C=O) groups is 2. The molecule has 6 nitrogen and oxygen atoms in total. The summed E-state index contributed by atoms with van der Waals surface area (Å²) in [7, 11) is 1.13. The molecule has 0 heterocycles. The van der Waals surface area contributed by atoms with Crippen molar-refractivity contribution in [2.45, 2.75) is 32.4 Å². The monoisotopic (exact) mass is 214 g/mol. The smallest absolute Gasteiger partial charge is 0.409 e. The summed E-state index contributed by atoms with van der Waals surface area (Å²) >= 11 is 0. The Morgan fingerprint density at radius 2 is 1.93 bits per heavy atom. The first kappa shape index (κ1) is 13.2. The maximum absolute atomic E-state index is 11.2. The number of nitrogens with zero attached hydrogens (tertiary/aromatic N) is 1. The third-order valence-corrected chi connectivity index (χ3v) is 1.23. The van der Waals surface area contributed by atoms with E-state index in [1.165, 1.54) is 0 Å². The van der Waals surface area contributed by atoms with Crippen molar-refractivity contribution in [3.63, 3.8) is 0 Å². The number of rotatable bonds is 2. The van der Waals surface area contributed by atoms with Crippen molar-refractivity contribution in [2.24, 2.45) is 0 Å². The third-order valence-electron chi connectivity index (χ3n) is 1.23. The van der Waals surface area contributed by atoms with Crippen LogP contribution in [0.3, 0.4) is 0 Å². The molecular weight excluding hydrogens is 200 g/mol. The summed E-state index contributed by atoms with van der Waals surface area (Å²) in [6.07, 6.45) is -0.834. The molecule has 0 aliphatic carbocycles. The molecule has 1 amide bonds. The SMILES string of the molecule is COC(=O)[C@@H](C#N)NC(=O)OC(C)(C)C. The topological polar surface area (TPSA) is 88.4 Å². The number of alkyl carbamates (subject to hydrolysis) is 1. The van der Waals surface area contributed by atoms with Crippen LogP contribution in [-0.4, -0.2) is 30.8 Å². The second-order valence-electron chi connectivity index (χ2n) is 3.73. The first-order valence-electron chi connectivity index (χ1n) is 4.27. The lowest BCUT2D eigenvalue weighted by Gasteiger charge is -2.20. The molecule has 15 heavy (non-hydrogen) atoms. The summed E-state index contributed by atoms with van der Waals surface area (Å²) in [4.78, 5) is 22.1. The van der Waals surface area contributed by atoms with Crippen molar-refractivity contribution in [3.8, 4) is 6.07 Å². The predicted octanol–water partition coefficient (Wildman–Crippen LogP) is 0.576. The van der Waals surface area contributed by atoms with Gasteiger partial charge in [-0.1, -0.05) is 0 Å². The van der Waals surface area contributed by atoms with Gasteiger partial charge in [0, 0.05) is 0 Å². The Kier molecular flexibility index (Phi) is 4.58. The summed E-state index contributed by atoms with van der Waals surface area (Å²) in [5, 5.41) is 10.6. The number of carbonyl (C=O) groups excluding carboxylic acids is 2. The lowest BCUT2D eigenvalue weighted by atomic mass is 10.2. The third kappa shape index (κ3) is 5.52. The van der Waals surface area contributed by atoms with E-state index in [1.54, 1.807) is 26.8 Å². The first-order chi connectivity index (χ1) is 6.80. The van der Waals surface area contributed by atoms with Crippen LogP contribution in [0.4, 0.5) is 4.79 Å². The molecule has 0 aromatic heterocycles. The number of methoxy groups -OCH3 is 1. The molecule has 0 rings (SSSR count). The summed E-state index contributed by atoms with van der Waals surface area (Å²) in [6.45, 7) is 5.02. The maximum Gasteiger partial charge on any atom is 0.409 e. The molecule has 0 aliphatic heterocycles. The number of esters is 1. The van der Waals surface area contributed by atoms with Gasteiger partial charge in [-0.05, 0) is 20.8 Å². The van der Waals surface area contributed by atoms with Gasteiger partial charge in [-0.15, -0.1) is 0 Å². The molecule has 0 radical (unpaired) electrons. The fourth-order valence-electron chi connectivity index (χ4n) is 0.687. The fourth-order valence-corrected chi connectivity index (χ4v) is 0.687. The van der Waals surface area contributed by atoms with E-state index in [9.17, 15) is 9.59 Å². The molecule has 0 bridgehead atoms. The second kappa shape index (κ2) is 5.20. The maximum atomic E-state index is 11.2. The average Bonchev–Trinajstić information content (AvgIpc) is 2.10. The van der Waals surface area contributed by atoms with Crippen LogP contribution in [0.25, 0.3) is 0 Å². The van der Waals surface area contributed by atoms with Crippen molar-refractivity contribution in [2.75, 3.05) is 7.11 Å². The van der Waals surface area contributed by atoms with Gasteiger partial charge < -0.3 is 9.47 Å². The highest BCUT2D eigenvalue weighted by Crippen LogP contribution is 2.06. The van der Waals surface area contributed by atoms with E-state index < -0.39 is 23.7 Å². The Hall–Kier alpha value is -1.77. The number of amides is 1. The minimum atomic E-state index is -1.34. The van der Waals surface area contributed by atoms with Crippen LogP contribution in [0.2, 0.25) is 0 Å². The van der Waals surface area contributed by atoms with Gasteiger partial charge in [0.15, 0.2) is 0 Å². The van der Waals surface area contributed by atoms with Gasteiger partial charge in [0.05, 0.1) is 13.2 Å². The Labute approximate surface area is 88.2 Å². The van der Waals surface area contributed by atoms with Crippen LogP contribution in [0.1, 0.15) is 20.8 Å². The number of nitrogens with one attached hydrogen (secondary N) is 1. The van der Waals surface area contributed by atoms with Gasteiger partial charge in [-0.3, -0.25) is 5.32 Å². The molecule has 6 heteroatoms. The quantitative estimate of drug-likeness (QED) is 0.679. The van der Waals surface area contributed by atoms with E-state index in [0.717, 1.165) is 7.11 Å². The number of nitriles is 1. The van der Waals surface area contributed by atoms with Gasteiger partial charge in [-0.25, -0.2) is 9.59 Å². The zero-order valence-electron chi connectivity index (χ0n) is 9.16. The molecule has 0 saturated carbocycles. The van der Waals surface area contributed by atoms with Gasteiger partial charge in [0.25, 0.3) is 0 Å². The summed E-state index contributed by atoms with van der Waals surface area (Å²) in [6, 6.07) is 0.240. The Balaban J connectivity index is 4.28. The van der Waals surface area contributed by atoms with E-state index in [1.807, 2.05) is 0 Å². The lowest BCUT2D eigenvalue weighted by Crippen LogP contribution is -2.43. The Bertz CT molecular complexity index is 287. The summed E-state index contributed by atoms with van der Waals surface area (Å²) in [5.41, 5.74) is -0.680. The minimum absolute atomic E-state index is 0.680. The first-order valence-corrected chi connectivity index (χ1v) is 4.27. The highest BCUT2D eigenvalue weighted by molar-refractivity contribution is 5.83. The van der Waals surface area contributed by atoms with Crippen LogP contribution in [0.15, 0.2) is 0 Å². The van der Waals surface area contributed by atoms with Crippen molar-refractivity contribution < 1.29 is 19.1 Å². The Morgan fingerprint density at radius 1 is 1.40 bits per heavy atom. The molecule has 0 unspecified atom stereocenters. The molecule has 0 saturated heterocycles. The highest BCUT2D eigenvalue weighted by atomic mass is 16.6. The van der Waals surface area contributed by atoms with Crippen molar-refractivity contribution in [1.29, 1.82) is 5.26 Å². The number of ether oxygens (including phenoxy) is 2. The lowest BCUT2D eigenvalue weighted by molar-refractivity contribution is -0.141. The summed E-state index contributed by atoms with van der Waals surface area (Å²) < 4.78 is 9.16. The standard InChI is InChI=1S/C9H14N2O4/c1-9(2,3)15-8(13)11-6(5-10)7(12)14-4/h6H,1-4H3,(H,11,13)/t6-/m1/s1. The predicted molar refractivity (Wildman–Crippen MR) is 50.8 cm³/mol. The molecule has 0 aromatic rings. The Morgan fingerprint density at radius 3 is 2.27 bits per heavy atom. The zero-order chi connectivity index (χ0) is 12.1. The molecule has 1 atom stereocenters. The van der Waals surface area contributed by atoms with Gasteiger partial charge in [-0.2, -0.15) is 5.26 Å². The van der Waals surface area contributed by atoms with Gasteiger partial charge in [0.2, 0.25) is 6.04 Å². The van der Waals surface area contributed by atoms with Crippen LogP contribution in [0.5, 0.6) is 0 Å². The fraction of sp³-hybridized carbons (Fsp3) is 0.667. The summed E-state index contributed by atoms with van der Waals surface area (Å²) in [5.74, 6) is -0.830. The van der Waals surface area contributed by atoms with Crippen molar-refractivity contribution >= 4 is 12.1 Å². The average molecular weight is 214 g/mol.